The van der Waals surface area contributed by atoms with Crippen LogP contribution in [-0.2, 0) is 16.4 Å². The average Bonchev–Trinajstić information content (AvgIpc) is 2.91. The van der Waals surface area contributed by atoms with E-state index in [-0.39, 0.29) is 17.0 Å². The van der Waals surface area contributed by atoms with E-state index >= 15 is 0 Å². The Balaban J connectivity index is 1.80. The van der Waals surface area contributed by atoms with Crippen LogP contribution in [0.4, 0.5) is 4.39 Å². The summed E-state index contributed by atoms with van der Waals surface area (Å²) in [6.07, 6.45) is 1.12. The zero-order chi connectivity index (χ0) is 18.2. The van der Waals surface area contributed by atoms with Crippen molar-refractivity contribution in [3.8, 4) is 0 Å². The summed E-state index contributed by atoms with van der Waals surface area (Å²) in [6, 6.07) is 8.55. The van der Waals surface area contributed by atoms with Crippen LogP contribution in [0.5, 0.6) is 0 Å². The Morgan fingerprint density at radius 3 is 2.52 bits per heavy atom. The number of carbonyl (C=O) groups excluding carboxylic acids is 1. The van der Waals surface area contributed by atoms with Gasteiger partial charge in [-0.3, -0.25) is 4.79 Å². The first-order valence-corrected chi connectivity index (χ1v) is 9.53. The quantitative estimate of drug-likeness (QED) is 0.608. The van der Waals surface area contributed by atoms with Gasteiger partial charge in [0.05, 0.1) is 21.5 Å². The molecule has 0 unspecified atom stereocenters. The van der Waals surface area contributed by atoms with E-state index in [0.29, 0.717) is 15.8 Å². The number of hydrogen-bond acceptors (Lipinski definition) is 4. The number of imidazole rings is 1. The number of carbonyl (C=O) groups is 1. The van der Waals surface area contributed by atoms with E-state index in [4.69, 9.17) is 12.2 Å². The molecule has 3 aromatic rings. The van der Waals surface area contributed by atoms with Crippen molar-refractivity contribution in [3.05, 3.63) is 58.1 Å². The molecule has 0 radical (unpaired) electrons. The number of aromatic nitrogens is 2. The number of halogens is 1. The van der Waals surface area contributed by atoms with Gasteiger partial charge in [-0.25, -0.2) is 12.8 Å². The first-order valence-electron chi connectivity index (χ1n) is 7.23. The van der Waals surface area contributed by atoms with Crippen LogP contribution >= 0.6 is 12.2 Å². The fraction of sp³-hybridized carbons (Fsp3) is 0.125. The van der Waals surface area contributed by atoms with Gasteiger partial charge in [0.2, 0.25) is 0 Å². The van der Waals surface area contributed by atoms with Gasteiger partial charge in [0.25, 0.3) is 5.91 Å². The summed E-state index contributed by atoms with van der Waals surface area (Å²) in [5, 5.41) is 2.68. The first kappa shape index (κ1) is 17.3. The Hall–Kier alpha value is -2.52. The minimum atomic E-state index is -3.27. The smallest absolute Gasteiger partial charge is 0.253 e. The van der Waals surface area contributed by atoms with Gasteiger partial charge in [-0.2, -0.15) is 0 Å². The maximum Gasteiger partial charge on any atom is 0.253 e. The summed E-state index contributed by atoms with van der Waals surface area (Å²) in [6.45, 7) is 0.173. The summed E-state index contributed by atoms with van der Waals surface area (Å²) in [7, 11) is -3.27. The molecule has 25 heavy (non-hydrogen) atoms. The van der Waals surface area contributed by atoms with E-state index in [0.717, 1.165) is 17.9 Å². The second-order valence-corrected chi connectivity index (χ2v) is 7.98. The number of H-pyrrole nitrogens is 2. The van der Waals surface area contributed by atoms with Crippen molar-refractivity contribution in [3.63, 3.8) is 0 Å². The molecule has 0 bridgehead atoms. The van der Waals surface area contributed by atoms with Gasteiger partial charge < -0.3 is 15.3 Å². The molecule has 3 rings (SSSR count). The molecule has 0 fully saturated rings. The standard InChI is InChI=1S/C16H14FN3O3S2/c1-25(22,23)11-4-2-9(3-5-11)8-18-15(21)12-6-10(17)7-13-14(12)20-16(24)19-13/h2-7H,8H2,1H3,(H,18,21)(H2,19,20,24). The van der Waals surface area contributed by atoms with Crippen molar-refractivity contribution in [2.24, 2.45) is 0 Å². The molecule has 0 aliphatic heterocycles. The SMILES string of the molecule is CS(=O)(=O)c1ccc(CNC(=O)c2cc(F)cc3[nH]c(=S)[nH]c23)cc1. The number of sulfone groups is 1. The molecule has 130 valence electrons. The number of amides is 1. The summed E-state index contributed by atoms with van der Waals surface area (Å²) in [5.41, 5.74) is 1.69. The number of fused-ring (bicyclic) bond motifs is 1. The minimum Gasteiger partial charge on any atom is -0.348 e. The van der Waals surface area contributed by atoms with Crippen molar-refractivity contribution >= 4 is 39.0 Å². The second kappa shape index (κ2) is 6.41. The van der Waals surface area contributed by atoms with E-state index in [1.807, 2.05) is 0 Å². The van der Waals surface area contributed by atoms with Gasteiger partial charge in [0.15, 0.2) is 14.6 Å². The lowest BCUT2D eigenvalue weighted by Crippen LogP contribution is -2.23. The van der Waals surface area contributed by atoms with Crippen LogP contribution in [0.15, 0.2) is 41.3 Å². The monoisotopic (exact) mass is 379 g/mol. The number of rotatable bonds is 4. The van der Waals surface area contributed by atoms with Gasteiger partial charge >= 0.3 is 0 Å². The van der Waals surface area contributed by atoms with Crippen molar-refractivity contribution in [2.75, 3.05) is 6.26 Å². The van der Waals surface area contributed by atoms with Crippen LogP contribution in [0.3, 0.4) is 0 Å². The van der Waals surface area contributed by atoms with Crippen LogP contribution in [0.25, 0.3) is 11.0 Å². The molecule has 2 aromatic carbocycles. The molecule has 0 aliphatic rings. The fourth-order valence-corrected chi connectivity index (χ4v) is 3.26. The normalized spacial score (nSPS) is 11.6. The van der Waals surface area contributed by atoms with E-state index in [1.165, 1.54) is 18.2 Å². The Bertz CT molecular complexity index is 1120. The molecule has 1 amide bonds. The predicted molar refractivity (Wildman–Crippen MR) is 94.2 cm³/mol. The molecule has 0 saturated heterocycles. The summed E-state index contributed by atoms with van der Waals surface area (Å²) < 4.78 is 36.8. The molecular weight excluding hydrogens is 365 g/mol. The van der Waals surface area contributed by atoms with Crippen LogP contribution in [0, 0.1) is 10.6 Å². The Kier molecular flexibility index (Phi) is 4.44. The van der Waals surface area contributed by atoms with Crippen molar-refractivity contribution in [2.45, 2.75) is 11.4 Å². The topological polar surface area (TPSA) is 94.8 Å². The Morgan fingerprint density at radius 2 is 1.88 bits per heavy atom. The largest absolute Gasteiger partial charge is 0.348 e. The highest BCUT2D eigenvalue weighted by molar-refractivity contribution is 7.90. The van der Waals surface area contributed by atoms with Gasteiger partial charge in [-0.15, -0.1) is 0 Å². The molecule has 1 heterocycles. The molecule has 3 N–H and O–H groups in total. The molecule has 0 saturated carbocycles. The van der Waals surface area contributed by atoms with Gasteiger partial charge in [0.1, 0.15) is 5.82 Å². The van der Waals surface area contributed by atoms with Crippen LogP contribution < -0.4 is 5.32 Å². The predicted octanol–water partition coefficient (Wildman–Crippen LogP) is 2.70. The van der Waals surface area contributed by atoms with Gasteiger partial charge in [0, 0.05) is 12.8 Å². The zero-order valence-electron chi connectivity index (χ0n) is 13.1. The summed E-state index contributed by atoms with van der Waals surface area (Å²) in [4.78, 5) is 18.2. The van der Waals surface area contributed by atoms with Gasteiger partial charge in [-0.1, -0.05) is 12.1 Å². The highest BCUT2D eigenvalue weighted by Crippen LogP contribution is 2.18. The van der Waals surface area contributed by atoms with Crippen LogP contribution in [0.2, 0.25) is 0 Å². The number of benzene rings is 2. The zero-order valence-corrected chi connectivity index (χ0v) is 14.7. The second-order valence-electron chi connectivity index (χ2n) is 5.55. The molecule has 0 atom stereocenters. The maximum absolute atomic E-state index is 13.7. The van der Waals surface area contributed by atoms with Gasteiger partial charge in [-0.05, 0) is 42.0 Å². The highest BCUT2D eigenvalue weighted by atomic mass is 32.2. The molecule has 9 heteroatoms. The highest BCUT2D eigenvalue weighted by Gasteiger charge is 2.14. The van der Waals surface area contributed by atoms with E-state index < -0.39 is 21.6 Å². The van der Waals surface area contributed by atoms with Crippen LogP contribution in [0.1, 0.15) is 15.9 Å². The van der Waals surface area contributed by atoms with E-state index in [2.05, 4.69) is 15.3 Å². The molecular formula is C16H14FN3O3S2. The number of nitrogens with one attached hydrogen (secondary N) is 3. The number of aromatic amines is 2. The molecule has 1 aromatic heterocycles. The van der Waals surface area contributed by atoms with E-state index in [1.54, 1.807) is 12.1 Å². The molecule has 6 nitrogen and oxygen atoms in total. The third-order valence-electron chi connectivity index (χ3n) is 3.64. The van der Waals surface area contributed by atoms with E-state index in [9.17, 15) is 17.6 Å². The maximum atomic E-state index is 13.7. The minimum absolute atomic E-state index is 0.134. The Labute approximate surface area is 148 Å². The lowest BCUT2D eigenvalue weighted by molar-refractivity contribution is 0.0952. The third-order valence-corrected chi connectivity index (χ3v) is 4.97. The number of hydrogen-bond donors (Lipinski definition) is 3. The van der Waals surface area contributed by atoms with Crippen molar-refractivity contribution in [1.29, 1.82) is 0 Å². The third kappa shape index (κ3) is 3.77. The van der Waals surface area contributed by atoms with Crippen molar-refractivity contribution < 1.29 is 17.6 Å². The lowest BCUT2D eigenvalue weighted by atomic mass is 10.1. The average molecular weight is 379 g/mol. The lowest BCUT2D eigenvalue weighted by Gasteiger charge is -2.07. The van der Waals surface area contributed by atoms with Crippen LogP contribution in [-0.4, -0.2) is 30.5 Å². The summed E-state index contributed by atoms with van der Waals surface area (Å²) in [5.74, 6) is -1.03. The van der Waals surface area contributed by atoms with Crippen molar-refractivity contribution in [1.82, 2.24) is 15.3 Å². The molecule has 0 spiro atoms. The summed E-state index contributed by atoms with van der Waals surface area (Å²) >= 11 is 4.97. The first-order chi connectivity index (χ1) is 11.7. The molecule has 0 aliphatic carbocycles. The fourth-order valence-electron chi connectivity index (χ4n) is 2.42. The Morgan fingerprint density at radius 1 is 1.20 bits per heavy atom.